The standard InChI is InChI=1S/C22H32N4O5/c1-15(13-20(27)23-16-9-7-5-4-6-8-10-16)25-26-22(29)21(28)24-18-12-11-17(30-2)14-19(18)31-3/h11-12,14,16H,4-10,13H2,1-3H3,(H,23,27)(H,24,28)(H,26,29). The third kappa shape index (κ3) is 8.27. The highest BCUT2D eigenvalue weighted by Gasteiger charge is 2.17. The predicted molar refractivity (Wildman–Crippen MR) is 118 cm³/mol. The van der Waals surface area contributed by atoms with Gasteiger partial charge in [-0.05, 0) is 31.9 Å². The summed E-state index contributed by atoms with van der Waals surface area (Å²) >= 11 is 0. The number of ether oxygens (including phenoxy) is 2. The molecule has 9 nitrogen and oxygen atoms in total. The summed E-state index contributed by atoms with van der Waals surface area (Å²) in [6, 6.07) is 4.98. The van der Waals surface area contributed by atoms with Gasteiger partial charge in [0.15, 0.2) is 0 Å². The van der Waals surface area contributed by atoms with Crippen LogP contribution in [-0.2, 0) is 14.4 Å². The van der Waals surface area contributed by atoms with E-state index in [1.165, 1.54) is 33.5 Å². The number of amides is 3. The Morgan fingerprint density at radius 3 is 2.32 bits per heavy atom. The summed E-state index contributed by atoms with van der Waals surface area (Å²) < 4.78 is 10.3. The molecule has 1 aromatic rings. The number of anilines is 1. The van der Waals surface area contributed by atoms with Crippen molar-refractivity contribution >= 4 is 29.1 Å². The smallest absolute Gasteiger partial charge is 0.329 e. The first kappa shape index (κ1) is 24.2. The SMILES string of the molecule is COc1ccc(NC(=O)C(=O)NN=C(C)CC(=O)NC2CCCCCCC2)c(OC)c1. The highest BCUT2D eigenvalue weighted by molar-refractivity contribution is 6.39. The minimum absolute atomic E-state index is 0.0602. The van der Waals surface area contributed by atoms with E-state index in [0.29, 0.717) is 22.9 Å². The van der Waals surface area contributed by atoms with Crippen LogP contribution < -0.4 is 25.5 Å². The van der Waals surface area contributed by atoms with Gasteiger partial charge in [-0.2, -0.15) is 5.10 Å². The van der Waals surface area contributed by atoms with Crippen molar-refractivity contribution in [3.8, 4) is 11.5 Å². The molecule has 1 aliphatic rings. The molecular weight excluding hydrogens is 400 g/mol. The lowest BCUT2D eigenvalue weighted by atomic mass is 9.96. The van der Waals surface area contributed by atoms with Crippen LogP contribution in [0.3, 0.4) is 0 Å². The molecule has 2 rings (SSSR count). The molecule has 0 saturated heterocycles. The van der Waals surface area contributed by atoms with E-state index in [9.17, 15) is 14.4 Å². The normalized spacial score (nSPS) is 15.3. The van der Waals surface area contributed by atoms with Crippen LogP contribution in [0.5, 0.6) is 11.5 Å². The summed E-state index contributed by atoms with van der Waals surface area (Å²) in [6.45, 7) is 1.63. The maximum Gasteiger partial charge on any atom is 0.329 e. The van der Waals surface area contributed by atoms with Crippen molar-refractivity contribution in [2.75, 3.05) is 19.5 Å². The molecule has 1 aromatic carbocycles. The van der Waals surface area contributed by atoms with Gasteiger partial charge in [-0.15, -0.1) is 0 Å². The Morgan fingerprint density at radius 2 is 1.68 bits per heavy atom. The molecule has 0 unspecified atom stereocenters. The van der Waals surface area contributed by atoms with Crippen molar-refractivity contribution < 1.29 is 23.9 Å². The maximum absolute atomic E-state index is 12.3. The summed E-state index contributed by atoms with van der Waals surface area (Å²) in [5.41, 5.74) is 2.91. The van der Waals surface area contributed by atoms with Crippen molar-refractivity contribution in [2.45, 2.75) is 64.3 Å². The summed E-state index contributed by atoms with van der Waals surface area (Å²) in [7, 11) is 2.96. The average Bonchev–Trinajstić information content (AvgIpc) is 2.73. The van der Waals surface area contributed by atoms with Crippen molar-refractivity contribution in [1.29, 1.82) is 0 Å². The first-order chi connectivity index (χ1) is 14.9. The van der Waals surface area contributed by atoms with Crippen molar-refractivity contribution in [3.63, 3.8) is 0 Å². The van der Waals surface area contributed by atoms with E-state index in [0.717, 1.165) is 25.7 Å². The fourth-order valence-corrected chi connectivity index (χ4v) is 3.43. The molecule has 3 amide bonds. The molecule has 1 aliphatic carbocycles. The van der Waals surface area contributed by atoms with Crippen LogP contribution >= 0.6 is 0 Å². The number of benzene rings is 1. The zero-order valence-corrected chi connectivity index (χ0v) is 18.5. The molecule has 1 saturated carbocycles. The lowest BCUT2D eigenvalue weighted by Gasteiger charge is -2.21. The molecule has 0 atom stereocenters. The number of rotatable bonds is 7. The van der Waals surface area contributed by atoms with Crippen LogP contribution in [0.15, 0.2) is 23.3 Å². The number of carbonyl (C=O) groups excluding carboxylic acids is 3. The second-order valence-electron chi connectivity index (χ2n) is 7.59. The van der Waals surface area contributed by atoms with Crippen molar-refractivity contribution in [1.82, 2.24) is 10.7 Å². The van der Waals surface area contributed by atoms with E-state index < -0.39 is 11.8 Å². The number of methoxy groups -OCH3 is 2. The molecule has 170 valence electrons. The molecular formula is C22H32N4O5. The van der Waals surface area contributed by atoms with Gasteiger partial charge in [0.2, 0.25) is 5.91 Å². The molecule has 31 heavy (non-hydrogen) atoms. The topological polar surface area (TPSA) is 118 Å². The maximum atomic E-state index is 12.3. The van der Waals surface area contributed by atoms with Crippen molar-refractivity contribution in [3.05, 3.63) is 18.2 Å². The monoisotopic (exact) mass is 432 g/mol. The Hall–Kier alpha value is -3.10. The van der Waals surface area contributed by atoms with Gasteiger partial charge >= 0.3 is 11.8 Å². The lowest BCUT2D eigenvalue weighted by Crippen LogP contribution is -2.37. The predicted octanol–water partition coefficient (Wildman–Crippen LogP) is 2.75. The van der Waals surface area contributed by atoms with Crippen LogP contribution in [0.4, 0.5) is 5.69 Å². The number of nitrogens with one attached hydrogen (secondary N) is 3. The van der Waals surface area contributed by atoms with Gasteiger partial charge in [0, 0.05) is 17.8 Å². The van der Waals surface area contributed by atoms with E-state index in [2.05, 4.69) is 21.2 Å². The molecule has 0 aliphatic heterocycles. The van der Waals surface area contributed by atoms with Crippen LogP contribution in [0, 0.1) is 0 Å². The number of hydrogen-bond donors (Lipinski definition) is 3. The van der Waals surface area contributed by atoms with E-state index in [-0.39, 0.29) is 18.4 Å². The molecule has 0 spiro atoms. The third-order valence-corrected chi connectivity index (χ3v) is 5.10. The molecule has 0 aromatic heterocycles. The van der Waals surface area contributed by atoms with Crippen LogP contribution in [0.2, 0.25) is 0 Å². The quantitative estimate of drug-likeness (QED) is 0.348. The van der Waals surface area contributed by atoms with Gasteiger partial charge in [0.1, 0.15) is 11.5 Å². The summed E-state index contributed by atoms with van der Waals surface area (Å²) in [6.07, 6.45) is 7.99. The van der Waals surface area contributed by atoms with Crippen LogP contribution in [0.1, 0.15) is 58.3 Å². The molecule has 3 N–H and O–H groups in total. The Labute approximate surface area is 182 Å². The van der Waals surface area contributed by atoms with E-state index in [4.69, 9.17) is 9.47 Å². The second kappa shape index (κ2) is 12.6. The molecule has 9 heteroatoms. The molecule has 0 heterocycles. The number of carbonyl (C=O) groups is 3. The highest BCUT2D eigenvalue weighted by atomic mass is 16.5. The highest BCUT2D eigenvalue weighted by Crippen LogP contribution is 2.28. The number of hydrogen-bond acceptors (Lipinski definition) is 6. The second-order valence-corrected chi connectivity index (χ2v) is 7.59. The van der Waals surface area contributed by atoms with Gasteiger partial charge in [-0.25, -0.2) is 5.43 Å². The molecule has 0 bridgehead atoms. The molecule has 0 radical (unpaired) electrons. The van der Waals surface area contributed by atoms with Crippen LogP contribution in [-0.4, -0.2) is 43.7 Å². The van der Waals surface area contributed by atoms with E-state index >= 15 is 0 Å². The third-order valence-electron chi connectivity index (χ3n) is 5.10. The van der Waals surface area contributed by atoms with Gasteiger partial charge in [-0.3, -0.25) is 14.4 Å². The Balaban J connectivity index is 1.82. The molecule has 1 fully saturated rings. The largest absolute Gasteiger partial charge is 0.497 e. The zero-order chi connectivity index (χ0) is 22.6. The van der Waals surface area contributed by atoms with Gasteiger partial charge in [0.05, 0.1) is 26.3 Å². The fourth-order valence-electron chi connectivity index (χ4n) is 3.43. The first-order valence-electron chi connectivity index (χ1n) is 10.6. The minimum atomic E-state index is -0.947. The lowest BCUT2D eigenvalue weighted by molar-refractivity contribution is -0.136. The number of hydrazone groups is 1. The number of nitrogens with zero attached hydrogens (tertiary/aromatic N) is 1. The Kier molecular flexibility index (Phi) is 9.80. The average molecular weight is 433 g/mol. The first-order valence-corrected chi connectivity index (χ1v) is 10.6. The Bertz CT molecular complexity index is 801. The summed E-state index contributed by atoms with van der Waals surface area (Å²) in [5, 5.41) is 9.38. The van der Waals surface area contributed by atoms with E-state index in [1.54, 1.807) is 25.1 Å². The van der Waals surface area contributed by atoms with Crippen LogP contribution in [0.25, 0.3) is 0 Å². The Morgan fingerprint density at radius 1 is 1.00 bits per heavy atom. The van der Waals surface area contributed by atoms with Gasteiger partial charge < -0.3 is 20.1 Å². The summed E-state index contributed by atoms with van der Waals surface area (Å²) in [5.74, 6) is -1.08. The summed E-state index contributed by atoms with van der Waals surface area (Å²) in [4.78, 5) is 36.4. The minimum Gasteiger partial charge on any atom is -0.497 e. The fraction of sp³-hybridized carbons (Fsp3) is 0.545. The van der Waals surface area contributed by atoms with E-state index in [1.807, 2.05) is 0 Å². The zero-order valence-electron chi connectivity index (χ0n) is 18.5. The van der Waals surface area contributed by atoms with Crippen molar-refractivity contribution in [2.24, 2.45) is 5.10 Å². The van der Waals surface area contributed by atoms with Gasteiger partial charge in [0.25, 0.3) is 0 Å². The van der Waals surface area contributed by atoms with Gasteiger partial charge in [-0.1, -0.05) is 32.1 Å².